The number of aliphatic imine (C=N–C) groups is 2. The summed E-state index contributed by atoms with van der Waals surface area (Å²) in [6.45, 7) is 5.67. The fraction of sp³-hybridized carbons (Fsp3) is 0.238. The number of nitrogens with zero attached hydrogens (tertiary/aromatic N) is 3. The average molecular weight is 363 g/mol. The van der Waals surface area contributed by atoms with Crippen LogP contribution in [0.1, 0.15) is 31.2 Å². The van der Waals surface area contributed by atoms with Crippen molar-refractivity contribution >= 4 is 18.1 Å². The van der Waals surface area contributed by atoms with Crippen molar-refractivity contribution < 1.29 is 4.39 Å². The van der Waals surface area contributed by atoms with E-state index < -0.39 is 0 Å². The van der Waals surface area contributed by atoms with Crippen LogP contribution in [0.4, 0.5) is 4.39 Å². The Morgan fingerprint density at radius 3 is 2.85 bits per heavy atom. The van der Waals surface area contributed by atoms with Crippen LogP contribution in [0, 0.1) is 11.2 Å². The van der Waals surface area contributed by atoms with Gasteiger partial charge in [-0.05, 0) is 61.7 Å². The van der Waals surface area contributed by atoms with Gasteiger partial charge < -0.3 is 11.1 Å². The molecule has 5 nitrogen and oxygen atoms in total. The summed E-state index contributed by atoms with van der Waals surface area (Å²) in [6.07, 6.45) is 4.54. The van der Waals surface area contributed by atoms with E-state index >= 15 is 0 Å². The highest BCUT2D eigenvalue weighted by molar-refractivity contribution is 6.23. The molecule has 0 fully saturated rings. The summed E-state index contributed by atoms with van der Waals surface area (Å²) >= 11 is 0. The molecule has 0 bridgehead atoms. The van der Waals surface area contributed by atoms with Crippen LogP contribution in [0.25, 0.3) is 11.1 Å². The average Bonchev–Trinajstić information content (AvgIpc) is 2.68. The second-order valence-corrected chi connectivity index (χ2v) is 6.46. The summed E-state index contributed by atoms with van der Waals surface area (Å²) in [7, 11) is 0. The minimum Gasteiger partial charge on any atom is -0.312 e. The molecule has 0 amide bonds. The van der Waals surface area contributed by atoms with Gasteiger partial charge >= 0.3 is 0 Å². The number of aromatic nitrogens is 1. The molecular weight excluding hydrogens is 341 g/mol. The van der Waals surface area contributed by atoms with Crippen molar-refractivity contribution in [1.29, 1.82) is 5.41 Å². The number of nitrogens with two attached hydrogens (primary N) is 1. The first-order valence-corrected chi connectivity index (χ1v) is 8.74. The highest BCUT2D eigenvalue weighted by atomic mass is 19.1. The van der Waals surface area contributed by atoms with E-state index in [9.17, 15) is 4.39 Å². The van der Waals surface area contributed by atoms with Gasteiger partial charge in [-0.1, -0.05) is 12.1 Å². The Kier molecular flexibility index (Phi) is 5.66. The predicted molar refractivity (Wildman–Crippen MR) is 108 cm³/mol. The lowest BCUT2D eigenvalue weighted by molar-refractivity contribution is 0.624. The van der Waals surface area contributed by atoms with Crippen molar-refractivity contribution in [3.63, 3.8) is 0 Å². The predicted octanol–water partition coefficient (Wildman–Crippen LogP) is 4.12. The second kappa shape index (κ2) is 8.14. The zero-order valence-corrected chi connectivity index (χ0v) is 15.2. The summed E-state index contributed by atoms with van der Waals surface area (Å²) < 4.78 is 13.9. The van der Waals surface area contributed by atoms with Crippen LogP contribution in [0.5, 0.6) is 0 Å². The number of pyridine rings is 1. The molecule has 138 valence electrons. The Morgan fingerprint density at radius 2 is 2.19 bits per heavy atom. The molecule has 0 aliphatic heterocycles. The minimum absolute atomic E-state index is 0.00299. The lowest BCUT2D eigenvalue weighted by atomic mass is 9.78. The molecule has 1 unspecified atom stereocenters. The molecule has 2 aromatic rings. The molecule has 1 aromatic heterocycles. The van der Waals surface area contributed by atoms with Gasteiger partial charge in [0.15, 0.2) is 0 Å². The lowest BCUT2D eigenvalue weighted by Crippen LogP contribution is -2.22. The highest BCUT2D eigenvalue weighted by Gasteiger charge is 2.29. The standard InChI is InChI=1S/C21H22FN5/c1-13(27-12-23)21-19(24)8-15(9-20(21)25-2)17-6-5-16(22)10-18(17)14-4-3-7-26-11-14/h3-7,10-11,15,24H,2,8-9,12,23H2,1H3/b24-19?,27-13-. The van der Waals surface area contributed by atoms with Crippen molar-refractivity contribution in [2.75, 3.05) is 6.67 Å². The first-order chi connectivity index (χ1) is 13.0. The van der Waals surface area contributed by atoms with Crippen molar-refractivity contribution in [2.24, 2.45) is 15.7 Å². The SMILES string of the molecule is C=NC1=C(/C(C)=N\CN)C(=N)CC(c2ccc(F)cc2-c2cccnc2)C1. The molecule has 3 N–H and O–H groups in total. The third-order valence-corrected chi connectivity index (χ3v) is 4.79. The van der Waals surface area contributed by atoms with E-state index in [1.54, 1.807) is 18.5 Å². The van der Waals surface area contributed by atoms with E-state index in [0.717, 1.165) is 28.0 Å². The largest absolute Gasteiger partial charge is 0.312 e. The maximum Gasteiger partial charge on any atom is 0.123 e. The van der Waals surface area contributed by atoms with Gasteiger partial charge in [-0.15, -0.1) is 0 Å². The number of allylic oxidation sites excluding steroid dienone is 2. The molecule has 1 heterocycles. The number of rotatable bonds is 5. The quantitative estimate of drug-likeness (QED) is 0.783. The molecular formula is C21H22FN5. The zero-order chi connectivity index (χ0) is 19.4. The summed E-state index contributed by atoms with van der Waals surface area (Å²) in [5, 5.41) is 8.53. The van der Waals surface area contributed by atoms with Gasteiger partial charge in [0.05, 0.1) is 12.4 Å². The number of benzene rings is 1. The summed E-state index contributed by atoms with van der Waals surface area (Å²) in [5.41, 5.74) is 10.7. The molecule has 0 saturated heterocycles. The normalized spacial score (nSPS) is 18.0. The molecule has 0 spiro atoms. The van der Waals surface area contributed by atoms with Gasteiger partial charge in [0.25, 0.3) is 0 Å². The molecule has 6 heteroatoms. The first-order valence-electron chi connectivity index (χ1n) is 8.74. The van der Waals surface area contributed by atoms with Gasteiger partial charge in [-0.2, -0.15) is 0 Å². The van der Waals surface area contributed by atoms with Gasteiger partial charge in [0.2, 0.25) is 0 Å². The molecule has 0 radical (unpaired) electrons. The Bertz CT molecular complexity index is 931. The third kappa shape index (κ3) is 3.90. The number of halogens is 1. The second-order valence-electron chi connectivity index (χ2n) is 6.46. The first kappa shape index (κ1) is 18.8. The van der Waals surface area contributed by atoms with Crippen LogP contribution in [0.3, 0.4) is 0 Å². The van der Waals surface area contributed by atoms with Crippen molar-refractivity contribution in [3.8, 4) is 11.1 Å². The minimum atomic E-state index is -0.298. The monoisotopic (exact) mass is 363 g/mol. The van der Waals surface area contributed by atoms with E-state index in [-0.39, 0.29) is 18.4 Å². The third-order valence-electron chi connectivity index (χ3n) is 4.79. The summed E-state index contributed by atoms with van der Waals surface area (Å²) in [5.74, 6) is -0.295. The summed E-state index contributed by atoms with van der Waals surface area (Å²) in [4.78, 5) is 12.5. The smallest absolute Gasteiger partial charge is 0.123 e. The molecule has 27 heavy (non-hydrogen) atoms. The van der Waals surface area contributed by atoms with Crippen LogP contribution >= 0.6 is 0 Å². The van der Waals surface area contributed by atoms with Gasteiger partial charge in [-0.25, -0.2) is 4.39 Å². The lowest BCUT2D eigenvalue weighted by Gasteiger charge is -2.28. The highest BCUT2D eigenvalue weighted by Crippen LogP contribution is 2.40. The number of nitrogens with one attached hydrogen (secondary N) is 1. The van der Waals surface area contributed by atoms with E-state index in [1.165, 1.54) is 12.1 Å². The topological polar surface area (TPSA) is 87.5 Å². The molecule has 0 saturated carbocycles. The number of hydrogen-bond donors (Lipinski definition) is 2. The van der Waals surface area contributed by atoms with E-state index in [0.29, 0.717) is 24.3 Å². The maximum atomic E-state index is 13.9. The van der Waals surface area contributed by atoms with Crippen LogP contribution in [0.2, 0.25) is 0 Å². The zero-order valence-electron chi connectivity index (χ0n) is 15.2. The van der Waals surface area contributed by atoms with Crippen LogP contribution in [0.15, 0.2) is 64.0 Å². The Labute approximate surface area is 158 Å². The van der Waals surface area contributed by atoms with Crippen LogP contribution < -0.4 is 5.73 Å². The fourth-order valence-electron chi connectivity index (χ4n) is 3.59. The van der Waals surface area contributed by atoms with Crippen LogP contribution in [-0.2, 0) is 0 Å². The molecule has 1 atom stereocenters. The summed E-state index contributed by atoms with van der Waals surface area (Å²) in [6, 6.07) is 8.51. The van der Waals surface area contributed by atoms with Gasteiger partial charge in [0, 0.05) is 35.0 Å². The van der Waals surface area contributed by atoms with Crippen molar-refractivity contribution in [2.45, 2.75) is 25.7 Å². The van der Waals surface area contributed by atoms with E-state index in [4.69, 9.17) is 11.1 Å². The van der Waals surface area contributed by atoms with Gasteiger partial charge in [-0.3, -0.25) is 15.0 Å². The Hall–Kier alpha value is -2.99. The van der Waals surface area contributed by atoms with Crippen molar-refractivity contribution in [1.82, 2.24) is 4.98 Å². The number of hydrogen-bond acceptors (Lipinski definition) is 5. The van der Waals surface area contributed by atoms with Crippen molar-refractivity contribution in [3.05, 3.63) is 65.4 Å². The maximum absolute atomic E-state index is 13.9. The molecule has 1 aliphatic rings. The van der Waals surface area contributed by atoms with Crippen LogP contribution in [-0.4, -0.2) is 29.8 Å². The van der Waals surface area contributed by atoms with E-state index in [2.05, 4.69) is 21.7 Å². The van der Waals surface area contributed by atoms with E-state index in [1.807, 2.05) is 19.1 Å². The van der Waals surface area contributed by atoms with Gasteiger partial charge in [0.1, 0.15) is 5.82 Å². The fourth-order valence-corrected chi connectivity index (χ4v) is 3.59. The Balaban J connectivity index is 2.06. The Morgan fingerprint density at radius 1 is 1.37 bits per heavy atom. The molecule has 1 aliphatic carbocycles. The molecule has 1 aromatic carbocycles. The molecule has 3 rings (SSSR count).